The lowest BCUT2D eigenvalue weighted by Crippen LogP contribution is -2.41. The highest BCUT2D eigenvalue weighted by molar-refractivity contribution is 7.20. The Bertz CT molecular complexity index is 928. The van der Waals surface area contributed by atoms with E-state index in [0.29, 0.717) is 24.0 Å². The standard InChI is InChI=1S/C19H17FN2O3S/c20-13-3-5-16-17(12-13)26-19(21-16)25-15-7-9-22(10-8-15)18(23)6-4-14-2-1-11-24-14/h1-6,11-12,15H,7-10H2/b6-4+. The Hall–Kier alpha value is -2.67. The second-order valence-corrected chi connectivity index (χ2v) is 7.08. The molecule has 0 saturated carbocycles. The number of amides is 1. The summed E-state index contributed by atoms with van der Waals surface area (Å²) in [5.41, 5.74) is 0.738. The molecule has 0 unspecified atom stereocenters. The van der Waals surface area contributed by atoms with Gasteiger partial charge in [-0.1, -0.05) is 11.3 Å². The third-order valence-corrected chi connectivity index (χ3v) is 5.19. The third kappa shape index (κ3) is 3.77. The number of benzene rings is 1. The van der Waals surface area contributed by atoms with Gasteiger partial charge in [0.1, 0.15) is 17.7 Å². The van der Waals surface area contributed by atoms with E-state index in [4.69, 9.17) is 9.15 Å². The summed E-state index contributed by atoms with van der Waals surface area (Å²) in [5.74, 6) is 0.348. The maximum Gasteiger partial charge on any atom is 0.274 e. The molecule has 0 aliphatic carbocycles. The number of fused-ring (bicyclic) bond motifs is 1. The quantitative estimate of drug-likeness (QED) is 0.647. The molecule has 5 nitrogen and oxygen atoms in total. The van der Waals surface area contributed by atoms with E-state index in [2.05, 4.69) is 4.98 Å². The van der Waals surface area contributed by atoms with Crippen molar-refractivity contribution in [2.75, 3.05) is 13.1 Å². The van der Waals surface area contributed by atoms with Crippen LogP contribution in [0.4, 0.5) is 4.39 Å². The van der Waals surface area contributed by atoms with Crippen LogP contribution in [0.3, 0.4) is 0 Å². The first kappa shape index (κ1) is 16.8. The number of nitrogens with zero attached hydrogens (tertiary/aromatic N) is 2. The van der Waals surface area contributed by atoms with Gasteiger partial charge in [-0.25, -0.2) is 9.37 Å². The van der Waals surface area contributed by atoms with E-state index in [-0.39, 0.29) is 17.8 Å². The van der Waals surface area contributed by atoms with Crippen LogP contribution in [0, 0.1) is 5.82 Å². The topological polar surface area (TPSA) is 55.6 Å². The molecule has 1 fully saturated rings. The molecule has 0 N–H and O–H groups in total. The smallest absolute Gasteiger partial charge is 0.274 e. The van der Waals surface area contributed by atoms with Gasteiger partial charge in [-0.3, -0.25) is 4.79 Å². The molecule has 0 atom stereocenters. The molecule has 0 bridgehead atoms. The molecule has 26 heavy (non-hydrogen) atoms. The van der Waals surface area contributed by atoms with E-state index in [9.17, 15) is 9.18 Å². The van der Waals surface area contributed by atoms with Gasteiger partial charge in [0.2, 0.25) is 5.91 Å². The number of hydrogen-bond donors (Lipinski definition) is 0. The lowest BCUT2D eigenvalue weighted by atomic mass is 10.1. The molecule has 0 spiro atoms. The third-order valence-electron chi connectivity index (χ3n) is 4.29. The summed E-state index contributed by atoms with van der Waals surface area (Å²) >= 11 is 1.34. The van der Waals surface area contributed by atoms with Crippen LogP contribution in [0.2, 0.25) is 0 Å². The van der Waals surface area contributed by atoms with Crippen LogP contribution in [0.25, 0.3) is 16.3 Å². The molecule has 134 valence electrons. The van der Waals surface area contributed by atoms with Gasteiger partial charge in [-0.05, 0) is 36.4 Å². The van der Waals surface area contributed by atoms with Crippen LogP contribution >= 0.6 is 11.3 Å². The SMILES string of the molecule is O=C(/C=C/c1ccco1)N1CCC(Oc2nc3ccc(F)cc3s2)CC1. The van der Waals surface area contributed by atoms with Gasteiger partial charge >= 0.3 is 0 Å². The molecule has 1 aliphatic heterocycles. The lowest BCUT2D eigenvalue weighted by Gasteiger charge is -2.30. The van der Waals surface area contributed by atoms with Gasteiger partial charge < -0.3 is 14.1 Å². The first-order valence-corrected chi connectivity index (χ1v) is 9.22. The second-order valence-electron chi connectivity index (χ2n) is 6.08. The number of piperidine rings is 1. The maximum absolute atomic E-state index is 13.3. The van der Waals surface area contributed by atoms with Crippen molar-refractivity contribution in [1.82, 2.24) is 9.88 Å². The maximum atomic E-state index is 13.3. The highest BCUT2D eigenvalue weighted by Gasteiger charge is 2.23. The fourth-order valence-electron chi connectivity index (χ4n) is 2.91. The molecule has 1 aliphatic rings. The van der Waals surface area contributed by atoms with Crippen molar-refractivity contribution in [1.29, 1.82) is 0 Å². The second kappa shape index (κ2) is 7.29. The number of carbonyl (C=O) groups is 1. The number of ether oxygens (including phenoxy) is 1. The molecule has 3 aromatic rings. The number of likely N-dealkylation sites (tertiary alicyclic amines) is 1. The fourth-order valence-corrected chi connectivity index (χ4v) is 3.82. The Kier molecular flexibility index (Phi) is 4.71. The molecule has 4 rings (SSSR count). The molecule has 3 heterocycles. The zero-order valence-corrected chi connectivity index (χ0v) is 14.7. The van der Waals surface area contributed by atoms with E-state index in [0.717, 1.165) is 23.1 Å². The Morgan fingerprint density at radius 3 is 2.96 bits per heavy atom. The van der Waals surface area contributed by atoms with Crippen molar-refractivity contribution >= 4 is 33.5 Å². The predicted octanol–water partition coefficient (Wildman–Crippen LogP) is 4.11. The monoisotopic (exact) mass is 372 g/mol. The molecule has 7 heteroatoms. The van der Waals surface area contributed by atoms with E-state index in [1.54, 1.807) is 35.4 Å². The Labute approximate surface area is 153 Å². The van der Waals surface area contributed by atoms with Crippen molar-refractivity contribution < 1.29 is 18.3 Å². The largest absolute Gasteiger partial charge is 0.467 e. The van der Waals surface area contributed by atoms with Gasteiger partial charge in [-0.2, -0.15) is 0 Å². The molecule has 0 radical (unpaired) electrons. The van der Waals surface area contributed by atoms with Gasteiger partial charge in [0.15, 0.2) is 0 Å². The van der Waals surface area contributed by atoms with E-state index in [1.165, 1.54) is 29.5 Å². The van der Waals surface area contributed by atoms with E-state index < -0.39 is 0 Å². The molecular weight excluding hydrogens is 355 g/mol. The Morgan fingerprint density at radius 2 is 2.19 bits per heavy atom. The average Bonchev–Trinajstić information content (AvgIpc) is 3.29. The van der Waals surface area contributed by atoms with Crippen molar-refractivity contribution in [2.45, 2.75) is 18.9 Å². The summed E-state index contributed by atoms with van der Waals surface area (Å²) in [6.07, 6.45) is 6.27. The van der Waals surface area contributed by atoms with Crippen LogP contribution in [-0.4, -0.2) is 35.0 Å². The Balaban J connectivity index is 1.32. The van der Waals surface area contributed by atoms with Crippen LogP contribution in [-0.2, 0) is 4.79 Å². The minimum atomic E-state index is -0.276. The van der Waals surface area contributed by atoms with Crippen LogP contribution < -0.4 is 4.74 Å². The molecule has 1 saturated heterocycles. The minimum Gasteiger partial charge on any atom is -0.467 e. The highest BCUT2D eigenvalue weighted by Crippen LogP contribution is 2.30. The number of halogens is 1. The van der Waals surface area contributed by atoms with Gasteiger partial charge in [-0.15, -0.1) is 0 Å². The summed E-state index contributed by atoms with van der Waals surface area (Å²) in [5, 5.41) is 0.549. The van der Waals surface area contributed by atoms with Crippen molar-refractivity contribution in [3.63, 3.8) is 0 Å². The average molecular weight is 372 g/mol. The molecular formula is C19H17FN2O3S. The molecule has 1 amide bonds. The molecule has 2 aromatic heterocycles. The summed E-state index contributed by atoms with van der Waals surface area (Å²) in [6.45, 7) is 1.26. The summed E-state index contributed by atoms with van der Waals surface area (Å²) in [6, 6.07) is 8.09. The lowest BCUT2D eigenvalue weighted by molar-refractivity contribution is -0.127. The number of thiazole rings is 1. The highest BCUT2D eigenvalue weighted by atomic mass is 32.1. The van der Waals surface area contributed by atoms with E-state index >= 15 is 0 Å². The van der Waals surface area contributed by atoms with Crippen molar-refractivity contribution in [3.05, 3.63) is 54.2 Å². The zero-order valence-electron chi connectivity index (χ0n) is 13.9. The number of aromatic nitrogens is 1. The first-order chi connectivity index (χ1) is 12.7. The van der Waals surface area contributed by atoms with Crippen molar-refractivity contribution in [3.8, 4) is 5.19 Å². The van der Waals surface area contributed by atoms with Gasteiger partial charge in [0.25, 0.3) is 5.19 Å². The fraction of sp³-hybridized carbons (Fsp3) is 0.263. The first-order valence-electron chi connectivity index (χ1n) is 8.40. The minimum absolute atomic E-state index is 0.0125. The number of hydrogen-bond acceptors (Lipinski definition) is 5. The van der Waals surface area contributed by atoms with Gasteiger partial charge in [0, 0.05) is 32.0 Å². The number of carbonyl (C=O) groups excluding carboxylic acids is 1. The normalized spacial score (nSPS) is 15.8. The summed E-state index contributed by atoms with van der Waals surface area (Å²) < 4.78 is 25.2. The number of rotatable bonds is 4. The van der Waals surface area contributed by atoms with Crippen LogP contribution in [0.15, 0.2) is 47.1 Å². The van der Waals surface area contributed by atoms with Crippen molar-refractivity contribution in [2.24, 2.45) is 0 Å². The Morgan fingerprint density at radius 1 is 1.35 bits per heavy atom. The number of furan rings is 1. The van der Waals surface area contributed by atoms with E-state index in [1.807, 2.05) is 0 Å². The summed E-state index contributed by atoms with van der Waals surface area (Å²) in [4.78, 5) is 18.4. The van der Waals surface area contributed by atoms with Crippen LogP contribution in [0.5, 0.6) is 5.19 Å². The predicted molar refractivity (Wildman–Crippen MR) is 97.6 cm³/mol. The summed E-state index contributed by atoms with van der Waals surface area (Å²) in [7, 11) is 0. The van der Waals surface area contributed by atoms with Crippen LogP contribution in [0.1, 0.15) is 18.6 Å². The molecule has 1 aromatic carbocycles. The van der Waals surface area contributed by atoms with Gasteiger partial charge in [0.05, 0.1) is 16.5 Å². The zero-order chi connectivity index (χ0) is 17.9.